The van der Waals surface area contributed by atoms with E-state index in [0.717, 1.165) is 5.92 Å². The van der Waals surface area contributed by atoms with Crippen molar-refractivity contribution in [2.75, 3.05) is 19.6 Å². The molecule has 0 bridgehead atoms. The van der Waals surface area contributed by atoms with Gasteiger partial charge in [0.2, 0.25) is 0 Å². The summed E-state index contributed by atoms with van der Waals surface area (Å²) in [5.74, 6) is 0.762. The second-order valence-corrected chi connectivity index (χ2v) is 6.46. The Labute approximate surface area is 107 Å². The molecule has 1 unspecified atom stereocenters. The van der Waals surface area contributed by atoms with Crippen molar-refractivity contribution in [2.45, 2.75) is 70.9 Å². The molecule has 17 heavy (non-hydrogen) atoms. The molecular formula is C15H30N2. The van der Waals surface area contributed by atoms with Gasteiger partial charge in [0.1, 0.15) is 0 Å². The van der Waals surface area contributed by atoms with Gasteiger partial charge in [-0.3, -0.25) is 4.90 Å². The van der Waals surface area contributed by atoms with Crippen molar-refractivity contribution in [1.82, 2.24) is 10.2 Å². The molecule has 0 amide bonds. The summed E-state index contributed by atoms with van der Waals surface area (Å²) >= 11 is 0. The lowest BCUT2D eigenvalue weighted by Crippen LogP contribution is -2.64. The highest BCUT2D eigenvalue weighted by molar-refractivity contribution is 5.02. The molecule has 1 saturated carbocycles. The van der Waals surface area contributed by atoms with E-state index in [0.29, 0.717) is 11.6 Å². The molecule has 1 saturated heterocycles. The van der Waals surface area contributed by atoms with Gasteiger partial charge in [0, 0.05) is 24.7 Å². The van der Waals surface area contributed by atoms with E-state index in [1.54, 1.807) is 0 Å². The lowest BCUT2D eigenvalue weighted by Gasteiger charge is -2.49. The van der Waals surface area contributed by atoms with E-state index in [9.17, 15) is 0 Å². The first-order valence-corrected chi connectivity index (χ1v) is 7.66. The fraction of sp³-hybridized carbons (Fsp3) is 1.00. The fourth-order valence-electron chi connectivity index (χ4n) is 3.58. The first kappa shape index (κ1) is 13.4. The fourth-order valence-corrected chi connectivity index (χ4v) is 3.58. The van der Waals surface area contributed by atoms with Crippen molar-refractivity contribution in [1.29, 1.82) is 0 Å². The van der Waals surface area contributed by atoms with Gasteiger partial charge in [-0.2, -0.15) is 0 Å². The molecule has 0 radical (unpaired) electrons. The van der Waals surface area contributed by atoms with Crippen molar-refractivity contribution < 1.29 is 0 Å². The van der Waals surface area contributed by atoms with E-state index < -0.39 is 0 Å². The van der Waals surface area contributed by atoms with E-state index >= 15 is 0 Å². The smallest absolute Gasteiger partial charge is 0.0334 e. The predicted molar refractivity (Wildman–Crippen MR) is 74.3 cm³/mol. The topological polar surface area (TPSA) is 15.3 Å². The summed E-state index contributed by atoms with van der Waals surface area (Å²) in [4.78, 5) is 2.84. The van der Waals surface area contributed by atoms with Crippen LogP contribution in [0.25, 0.3) is 0 Å². The average Bonchev–Trinajstić information content (AvgIpc) is 2.77. The van der Waals surface area contributed by atoms with Crippen LogP contribution in [-0.2, 0) is 0 Å². The summed E-state index contributed by atoms with van der Waals surface area (Å²) in [6, 6.07) is 0.707. The number of piperazine rings is 1. The molecule has 1 spiro atoms. The molecule has 2 aliphatic rings. The van der Waals surface area contributed by atoms with Crippen molar-refractivity contribution >= 4 is 0 Å². The van der Waals surface area contributed by atoms with Crippen LogP contribution in [0.5, 0.6) is 0 Å². The minimum atomic E-state index is 0.528. The van der Waals surface area contributed by atoms with Gasteiger partial charge in [0.25, 0.3) is 0 Å². The summed E-state index contributed by atoms with van der Waals surface area (Å²) in [5.41, 5.74) is 0.528. The van der Waals surface area contributed by atoms with Gasteiger partial charge >= 0.3 is 0 Å². The number of hydrogen-bond acceptors (Lipinski definition) is 2. The Morgan fingerprint density at radius 2 is 2.00 bits per heavy atom. The second kappa shape index (κ2) is 5.71. The maximum atomic E-state index is 3.82. The summed E-state index contributed by atoms with van der Waals surface area (Å²) in [6.07, 6.45) is 8.43. The molecule has 0 aromatic rings. The average molecular weight is 238 g/mol. The Morgan fingerprint density at radius 3 is 2.59 bits per heavy atom. The van der Waals surface area contributed by atoms with E-state index in [2.05, 4.69) is 31.0 Å². The Kier molecular flexibility index (Phi) is 4.48. The predicted octanol–water partition coefficient (Wildman–Crippen LogP) is 3.03. The molecule has 2 heteroatoms. The van der Waals surface area contributed by atoms with Gasteiger partial charge in [-0.05, 0) is 31.7 Å². The van der Waals surface area contributed by atoms with Gasteiger partial charge in [-0.15, -0.1) is 0 Å². The SMILES string of the molecule is CCCCN1CC(C(C)C)NCC12CCCC2. The van der Waals surface area contributed by atoms with E-state index in [1.165, 1.54) is 58.2 Å². The van der Waals surface area contributed by atoms with Crippen molar-refractivity contribution in [3.8, 4) is 0 Å². The number of unbranched alkanes of at least 4 members (excludes halogenated alkanes) is 1. The van der Waals surface area contributed by atoms with Gasteiger partial charge in [-0.25, -0.2) is 0 Å². The summed E-state index contributed by atoms with van der Waals surface area (Å²) < 4.78 is 0. The first-order chi connectivity index (χ1) is 8.18. The zero-order chi connectivity index (χ0) is 12.3. The maximum Gasteiger partial charge on any atom is 0.0334 e. The third-order valence-corrected chi connectivity index (χ3v) is 4.90. The molecular weight excluding hydrogens is 208 g/mol. The van der Waals surface area contributed by atoms with Crippen LogP contribution in [0.1, 0.15) is 59.3 Å². The molecule has 0 aromatic carbocycles. The zero-order valence-corrected chi connectivity index (χ0v) is 12.0. The van der Waals surface area contributed by atoms with Crippen LogP contribution in [0.3, 0.4) is 0 Å². The number of nitrogens with one attached hydrogen (secondary N) is 1. The van der Waals surface area contributed by atoms with Crippen LogP contribution in [0.2, 0.25) is 0 Å². The maximum absolute atomic E-state index is 3.82. The first-order valence-electron chi connectivity index (χ1n) is 7.66. The van der Waals surface area contributed by atoms with Gasteiger partial charge < -0.3 is 5.32 Å². The second-order valence-electron chi connectivity index (χ2n) is 6.46. The van der Waals surface area contributed by atoms with Gasteiger partial charge in [0.05, 0.1) is 0 Å². The van der Waals surface area contributed by atoms with Gasteiger partial charge in [-0.1, -0.05) is 40.0 Å². The Bertz CT molecular complexity index is 231. The monoisotopic (exact) mass is 238 g/mol. The van der Waals surface area contributed by atoms with Crippen molar-refractivity contribution in [3.05, 3.63) is 0 Å². The Hall–Kier alpha value is -0.0800. The number of hydrogen-bond donors (Lipinski definition) is 1. The zero-order valence-electron chi connectivity index (χ0n) is 12.0. The Morgan fingerprint density at radius 1 is 1.29 bits per heavy atom. The molecule has 2 nitrogen and oxygen atoms in total. The minimum Gasteiger partial charge on any atom is -0.311 e. The third kappa shape index (κ3) is 2.85. The quantitative estimate of drug-likeness (QED) is 0.810. The normalized spacial score (nSPS) is 29.3. The molecule has 2 rings (SSSR count). The molecule has 1 aliphatic carbocycles. The lowest BCUT2D eigenvalue weighted by atomic mass is 9.88. The lowest BCUT2D eigenvalue weighted by molar-refractivity contribution is 0.0320. The summed E-state index contributed by atoms with van der Waals surface area (Å²) in [5, 5.41) is 3.82. The van der Waals surface area contributed by atoms with Crippen LogP contribution >= 0.6 is 0 Å². The molecule has 100 valence electrons. The largest absolute Gasteiger partial charge is 0.311 e. The summed E-state index contributed by atoms with van der Waals surface area (Å²) in [6.45, 7) is 10.8. The summed E-state index contributed by atoms with van der Waals surface area (Å²) in [7, 11) is 0. The standard InChI is InChI=1S/C15H30N2/c1-4-5-10-17-11-14(13(2)3)16-12-15(17)8-6-7-9-15/h13-14,16H,4-12H2,1-3H3. The highest BCUT2D eigenvalue weighted by Gasteiger charge is 2.43. The third-order valence-electron chi connectivity index (χ3n) is 4.90. The Balaban J connectivity index is 2.01. The van der Waals surface area contributed by atoms with E-state index in [4.69, 9.17) is 0 Å². The van der Waals surface area contributed by atoms with Gasteiger partial charge in [0.15, 0.2) is 0 Å². The van der Waals surface area contributed by atoms with Crippen LogP contribution < -0.4 is 5.32 Å². The van der Waals surface area contributed by atoms with Crippen LogP contribution in [0.15, 0.2) is 0 Å². The van der Waals surface area contributed by atoms with Crippen LogP contribution in [0.4, 0.5) is 0 Å². The van der Waals surface area contributed by atoms with E-state index in [-0.39, 0.29) is 0 Å². The molecule has 2 fully saturated rings. The molecule has 1 atom stereocenters. The van der Waals surface area contributed by atoms with Crippen molar-refractivity contribution in [2.24, 2.45) is 5.92 Å². The van der Waals surface area contributed by atoms with Crippen LogP contribution in [0, 0.1) is 5.92 Å². The minimum absolute atomic E-state index is 0.528. The molecule has 0 aromatic heterocycles. The number of rotatable bonds is 4. The van der Waals surface area contributed by atoms with E-state index in [1.807, 2.05) is 0 Å². The number of nitrogens with zero attached hydrogens (tertiary/aromatic N) is 1. The molecule has 1 heterocycles. The molecule has 1 N–H and O–H groups in total. The highest BCUT2D eigenvalue weighted by Crippen LogP contribution is 2.37. The molecule has 1 aliphatic heterocycles. The highest BCUT2D eigenvalue weighted by atomic mass is 15.3. The van der Waals surface area contributed by atoms with Crippen LogP contribution in [-0.4, -0.2) is 36.1 Å². The van der Waals surface area contributed by atoms with Crippen molar-refractivity contribution in [3.63, 3.8) is 0 Å².